The van der Waals surface area contributed by atoms with Gasteiger partial charge in [0.25, 0.3) is 5.91 Å². The molecule has 0 bridgehead atoms. The molecule has 1 fully saturated rings. The van der Waals surface area contributed by atoms with Gasteiger partial charge in [0.2, 0.25) is 11.8 Å². The van der Waals surface area contributed by atoms with E-state index in [9.17, 15) is 14.4 Å². The van der Waals surface area contributed by atoms with E-state index in [1.807, 2.05) is 30.3 Å². The second-order valence-corrected chi connectivity index (χ2v) is 8.20. The maximum atomic E-state index is 13.2. The normalized spacial score (nSPS) is 15.6. The Hall–Kier alpha value is -3.23. The van der Waals surface area contributed by atoms with Crippen molar-refractivity contribution in [2.75, 3.05) is 50.4 Å². The summed E-state index contributed by atoms with van der Waals surface area (Å²) in [5, 5.41) is 8.52. The van der Waals surface area contributed by atoms with Crippen LogP contribution in [-0.4, -0.2) is 67.3 Å². The number of piperazine rings is 1. The van der Waals surface area contributed by atoms with Crippen LogP contribution in [0.15, 0.2) is 48.5 Å². The second kappa shape index (κ2) is 10.9. The van der Waals surface area contributed by atoms with Crippen LogP contribution in [0.4, 0.5) is 11.4 Å². The summed E-state index contributed by atoms with van der Waals surface area (Å²) >= 11 is 0. The molecule has 8 heteroatoms. The Bertz CT molecular complexity index is 921. The van der Waals surface area contributed by atoms with Crippen LogP contribution in [0.1, 0.15) is 35.8 Å². The van der Waals surface area contributed by atoms with Gasteiger partial charge in [-0.1, -0.05) is 30.3 Å². The van der Waals surface area contributed by atoms with E-state index in [1.54, 1.807) is 18.2 Å². The summed E-state index contributed by atoms with van der Waals surface area (Å²) in [6.07, 6.45) is 0. The molecule has 0 saturated carbocycles. The van der Waals surface area contributed by atoms with Crippen LogP contribution in [0, 0.1) is 0 Å². The summed E-state index contributed by atoms with van der Waals surface area (Å²) < 4.78 is 0. The predicted molar refractivity (Wildman–Crippen MR) is 126 cm³/mol. The summed E-state index contributed by atoms with van der Waals surface area (Å²) in [7, 11) is 2.11. The number of benzene rings is 2. The molecule has 8 nitrogen and oxygen atoms in total. The fraction of sp³-hybridized carbons (Fsp3) is 0.375. The van der Waals surface area contributed by atoms with Crippen LogP contribution in [0.5, 0.6) is 0 Å². The first kappa shape index (κ1) is 23.4. The van der Waals surface area contributed by atoms with Gasteiger partial charge in [-0.25, -0.2) is 0 Å². The van der Waals surface area contributed by atoms with Crippen molar-refractivity contribution in [2.45, 2.75) is 19.9 Å². The zero-order chi connectivity index (χ0) is 23.1. The van der Waals surface area contributed by atoms with E-state index in [4.69, 9.17) is 0 Å². The average Bonchev–Trinajstić information content (AvgIpc) is 2.74. The Morgan fingerprint density at radius 3 is 1.97 bits per heavy atom. The predicted octanol–water partition coefficient (Wildman–Crippen LogP) is 2.32. The van der Waals surface area contributed by atoms with Crippen LogP contribution in [0.3, 0.4) is 0 Å². The average molecular weight is 438 g/mol. The SMILES string of the molecule is CC(=O)Nc1cc(NC(C)=O)cc(C(=O)NC(CN2CCN(C)CC2)c2ccccc2)c1. The monoisotopic (exact) mass is 437 g/mol. The van der Waals surface area contributed by atoms with E-state index in [0.29, 0.717) is 23.5 Å². The molecule has 1 unspecified atom stereocenters. The molecule has 0 spiro atoms. The minimum Gasteiger partial charge on any atom is -0.344 e. The van der Waals surface area contributed by atoms with Crippen molar-refractivity contribution in [1.29, 1.82) is 0 Å². The van der Waals surface area contributed by atoms with Gasteiger partial charge in [-0.15, -0.1) is 0 Å². The van der Waals surface area contributed by atoms with Gasteiger partial charge in [-0.2, -0.15) is 0 Å². The summed E-state index contributed by atoms with van der Waals surface area (Å²) in [5.41, 5.74) is 2.28. The fourth-order valence-electron chi connectivity index (χ4n) is 3.76. The van der Waals surface area contributed by atoms with Gasteiger partial charge in [0.15, 0.2) is 0 Å². The fourth-order valence-corrected chi connectivity index (χ4v) is 3.76. The number of carbonyl (C=O) groups excluding carboxylic acids is 3. The lowest BCUT2D eigenvalue weighted by molar-refractivity contribution is -0.115. The summed E-state index contributed by atoms with van der Waals surface area (Å²) in [6, 6.07) is 14.6. The van der Waals surface area contributed by atoms with Crippen molar-refractivity contribution in [3.8, 4) is 0 Å². The lowest BCUT2D eigenvalue weighted by Gasteiger charge is -2.35. The summed E-state index contributed by atoms with van der Waals surface area (Å²) in [6.45, 7) is 7.37. The van der Waals surface area contributed by atoms with Crippen LogP contribution >= 0.6 is 0 Å². The highest BCUT2D eigenvalue weighted by Crippen LogP contribution is 2.21. The van der Waals surface area contributed by atoms with Crippen molar-refractivity contribution in [2.24, 2.45) is 0 Å². The summed E-state index contributed by atoms with van der Waals surface area (Å²) in [4.78, 5) is 40.9. The van der Waals surface area contributed by atoms with Gasteiger partial charge in [-0.3, -0.25) is 19.3 Å². The summed E-state index contributed by atoms with van der Waals surface area (Å²) in [5.74, 6) is -0.783. The number of likely N-dealkylation sites (N-methyl/N-ethyl adjacent to an activating group) is 1. The molecule has 32 heavy (non-hydrogen) atoms. The van der Waals surface area contributed by atoms with Crippen molar-refractivity contribution in [1.82, 2.24) is 15.1 Å². The second-order valence-electron chi connectivity index (χ2n) is 8.20. The van der Waals surface area contributed by atoms with Gasteiger partial charge in [0, 0.05) is 63.5 Å². The number of hydrogen-bond acceptors (Lipinski definition) is 5. The van der Waals surface area contributed by atoms with Gasteiger partial charge in [0.1, 0.15) is 0 Å². The lowest BCUT2D eigenvalue weighted by atomic mass is 10.0. The quantitative estimate of drug-likeness (QED) is 0.618. The minimum atomic E-state index is -0.271. The van der Waals surface area contributed by atoms with Crippen molar-refractivity contribution in [3.63, 3.8) is 0 Å². The maximum Gasteiger partial charge on any atom is 0.251 e. The van der Waals surface area contributed by atoms with E-state index in [1.165, 1.54) is 13.8 Å². The van der Waals surface area contributed by atoms with Crippen molar-refractivity contribution in [3.05, 3.63) is 59.7 Å². The van der Waals surface area contributed by atoms with Crippen LogP contribution in [0.25, 0.3) is 0 Å². The first-order chi connectivity index (χ1) is 15.3. The highest BCUT2D eigenvalue weighted by Gasteiger charge is 2.22. The van der Waals surface area contributed by atoms with Gasteiger partial charge >= 0.3 is 0 Å². The van der Waals surface area contributed by atoms with E-state index in [0.717, 1.165) is 31.7 Å². The maximum absolute atomic E-state index is 13.2. The number of carbonyl (C=O) groups is 3. The zero-order valence-electron chi connectivity index (χ0n) is 18.9. The number of hydrogen-bond donors (Lipinski definition) is 3. The van der Waals surface area contributed by atoms with Crippen LogP contribution < -0.4 is 16.0 Å². The molecule has 3 amide bonds. The highest BCUT2D eigenvalue weighted by molar-refractivity contribution is 6.00. The Labute approximate surface area is 189 Å². The largest absolute Gasteiger partial charge is 0.344 e. The lowest BCUT2D eigenvalue weighted by Crippen LogP contribution is -2.47. The number of anilines is 2. The van der Waals surface area contributed by atoms with Crippen LogP contribution in [0.2, 0.25) is 0 Å². The zero-order valence-corrected chi connectivity index (χ0v) is 18.9. The van der Waals surface area contributed by atoms with E-state index in [2.05, 4.69) is 32.8 Å². The Kier molecular flexibility index (Phi) is 7.97. The molecule has 170 valence electrons. The minimum absolute atomic E-state index is 0.194. The first-order valence-electron chi connectivity index (χ1n) is 10.8. The van der Waals surface area contributed by atoms with Crippen LogP contribution in [-0.2, 0) is 9.59 Å². The van der Waals surface area contributed by atoms with Crippen molar-refractivity contribution >= 4 is 29.1 Å². The van der Waals surface area contributed by atoms with Gasteiger partial charge in [-0.05, 0) is 30.8 Å². The molecule has 0 radical (unpaired) electrons. The Morgan fingerprint density at radius 1 is 0.875 bits per heavy atom. The number of rotatable bonds is 7. The third-order valence-corrected chi connectivity index (χ3v) is 5.38. The molecule has 0 aliphatic carbocycles. The molecule has 3 rings (SSSR count). The highest BCUT2D eigenvalue weighted by atomic mass is 16.2. The Balaban J connectivity index is 1.83. The smallest absolute Gasteiger partial charge is 0.251 e. The third kappa shape index (κ3) is 6.90. The molecular weight excluding hydrogens is 406 g/mol. The number of nitrogens with one attached hydrogen (secondary N) is 3. The van der Waals surface area contributed by atoms with Gasteiger partial charge in [0.05, 0.1) is 6.04 Å². The van der Waals surface area contributed by atoms with Gasteiger partial charge < -0.3 is 20.9 Å². The Morgan fingerprint density at radius 2 is 1.44 bits per heavy atom. The van der Waals surface area contributed by atoms with E-state index in [-0.39, 0.29) is 23.8 Å². The first-order valence-corrected chi connectivity index (χ1v) is 10.8. The third-order valence-electron chi connectivity index (χ3n) is 5.38. The molecule has 0 aromatic heterocycles. The van der Waals surface area contributed by atoms with Crippen molar-refractivity contribution < 1.29 is 14.4 Å². The molecule has 1 aliphatic rings. The number of nitrogens with zero attached hydrogens (tertiary/aromatic N) is 2. The molecule has 1 heterocycles. The molecule has 2 aromatic rings. The molecule has 1 aliphatic heterocycles. The number of amides is 3. The molecule has 1 atom stereocenters. The molecular formula is C24H31N5O3. The topological polar surface area (TPSA) is 93.8 Å². The standard InChI is InChI=1S/C24H31N5O3/c1-17(30)25-21-13-20(14-22(15-21)26-18(2)31)24(32)27-23(19-7-5-4-6-8-19)16-29-11-9-28(3)10-12-29/h4-8,13-15,23H,9-12,16H2,1-3H3,(H,25,30)(H,26,31)(H,27,32). The molecule has 1 saturated heterocycles. The molecule has 2 aromatic carbocycles. The van der Waals surface area contributed by atoms with E-state index < -0.39 is 0 Å². The van der Waals surface area contributed by atoms with E-state index >= 15 is 0 Å². The molecule has 3 N–H and O–H groups in total.